The predicted molar refractivity (Wildman–Crippen MR) is 66.9 cm³/mol. The molecule has 5 nitrogen and oxygen atoms in total. The quantitative estimate of drug-likeness (QED) is 0.913. The number of halogens is 1. The van der Waals surface area contributed by atoms with Crippen molar-refractivity contribution in [2.75, 3.05) is 12.4 Å². The molecule has 0 spiro atoms. The Bertz CT molecular complexity index is 518. The first kappa shape index (κ1) is 12.9. The number of nitrogens with zero attached hydrogens (tertiary/aromatic N) is 1. The maximum atomic E-state index is 11.6. The summed E-state index contributed by atoms with van der Waals surface area (Å²) < 4.78 is 32.0. The lowest BCUT2D eigenvalue weighted by Gasteiger charge is -2.26. The molecule has 2 rings (SSSR count). The number of aromatic nitrogens is 1. The molecule has 0 aromatic carbocycles. The molecule has 0 amide bonds. The molecule has 0 saturated carbocycles. The Kier molecular flexibility index (Phi) is 3.82. The molecular formula is C10H13BrN2O3S. The van der Waals surface area contributed by atoms with E-state index in [2.05, 4.69) is 25.6 Å². The molecule has 1 aliphatic rings. The highest BCUT2D eigenvalue weighted by molar-refractivity contribution is 9.10. The lowest BCUT2D eigenvalue weighted by atomic mass is 10.0. The minimum absolute atomic E-state index is 0.0558. The van der Waals surface area contributed by atoms with Gasteiger partial charge in [-0.25, -0.2) is 13.1 Å². The van der Waals surface area contributed by atoms with Crippen molar-refractivity contribution in [3.05, 3.63) is 28.0 Å². The van der Waals surface area contributed by atoms with E-state index in [1.807, 2.05) is 0 Å². The minimum atomic E-state index is -3.25. The van der Waals surface area contributed by atoms with Crippen molar-refractivity contribution in [1.82, 2.24) is 9.71 Å². The molecule has 0 saturated heterocycles. The SMILES string of the molecule is CCS(=O)(=O)NC1COCc2c(Br)cncc21. The Hall–Kier alpha value is -0.500. The summed E-state index contributed by atoms with van der Waals surface area (Å²) in [6.45, 7) is 2.42. The molecule has 0 aliphatic carbocycles. The standard InChI is InChI=1S/C10H13BrN2O3S/c1-2-17(14,15)13-10-6-16-5-8-7(10)3-12-4-9(8)11/h3-4,10,13H,2,5-6H2,1H3. The van der Waals surface area contributed by atoms with Crippen LogP contribution in [0.25, 0.3) is 0 Å². The van der Waals surface area contributed by atoms with Gasteiger partial charge in [-0.1, -0.05) is 0 Å². The van der Waals surface area contributed by atoms with Gasteiger partial charge < -0.3 is 4.74 Å². The van der Waals surface area contributed by atoms with Gasteiger partial charge in [0.05, 0.1) is 25.0 Å². The number of ether oxygens (including phenoxy) is 1. The van der Waals surface area contributed by atoms with Crippen LogP contribution in [0.4, 0.5) is 0 Å². The van der Waals surface area contributed by atoms with Gasteiger partial charge in [-0.3, -0.25) is 4.98 Å². The van der Waals surface area contributed by atoms with E-state index in [0.717, 1.165) is 15.6 Å². The van der Waals surface area contributed by atoms with Crippen LogP contribution in [-0.4, -0.2) is 25.8 Å². The Morgan fingerprint density at radius 2 is 2.35 bits per heavy atom. The Balaban J connectivity index is 2.33. The third-order valence-corrected chi connectivity index (χ3v) is 4.73. The van der Waals surface area contributed by atoms with E-state index in [1.165, 1.54) is 0 Å². The van der Waals surface area contributed by atoms with E-state index in [4.69, 9.17) is 4.74 Å². The fourth-order valence-electron chi connectivity index (χ4n) is 1.70. The second-order valence-corrected chi connectivity index (χ2v) is 6.67. The Labute approximate surface area is 109 Å². The third kappa shape index (κ3) is 2.85. The van der Waals surface area contributed by atoms with Crippen LogP contribution in [0.15, 0.2) is 16.9 Å². The van der Waals surface area contributed by atoms with Crippen LogP contribution in [-0.2, 0) is 21.4 Å². The number of nitrogens with one attached hydrogen (secondary N) is 1. The summed E-state index contributed by atoms with van der Waals surface area (Å²) in [5.74, 6) is 0.0558. The first-order valence-corrected chi connectivity index (χ1v) is 7.68. The van der Waals surface area contributed by atoms with Crippen LogP contribution >= 0.6 is 15.9 Å². The van der Waals surface area contributed by atoms with Crippen molar-refractivity contribution in [2.45, 2.75) is 19.6 Å². The number of fused-ring (bicyclic) bond motifs is 1. The smallest absolute Gasteiger partial charge is 0.211 e. The summed E-state index contributed by atoms with van der Waals surface area (Å²) in [5.41, 5.74) is 1.83. The van der Waals surface area contributed by atoms with E-state index < -0.39 is 10.0 Å². The average Bonchev–Trinajstić information content (AvgIpc) is 2.30. The summed E-state index contributed by atoms with van der Waals surface area (Å²) in [6, 6.07) is -0.353. The predicted octanol–water partition coefficient (Wildman–Crippen LogP) is 1.35. The number of pyridine rings is 1. The van der Waals surface area contributed by atoms with Crippen molar-refractivity contribution in [1.29, 1.82) is 0 Å². The molecule has 1 unspecified atom stereocenters. The molecule has 2 heterocycles. The van der Waals surface area contributed by atoms with Gasteiger partial charge in [0.2, 0.25) is 10.0 Å². The van der Waals surface area contributed by atoms with Crippen molar-refractivity contribution >= 4 is 26.0 Å². The molecule has 1 aromatic heterocycles. The van der Waals surface area contributed by atoms with Gasteiger partial charge in [0.1, 0.15) is 0 Å². The van der Waals surface area contributed by atoms with Gasteiger partial charge in [-0.05, 0) is 34.0 Å². The number of hydrogen-bond acceptors (Lipinski definition) is 4. The summed E-state index contributed by atoms with van der Waals surface area (Å²) in [5, 5.41) is 0. The summed E-state index contributed by atoms with van der Waals surface area (Å²) in [4.78, 5) is 4.07. The largest absolute Gasteiger partial charge is 0.375 e. The third-order valence-electron chi connectivity index (χ3n) is 2.65. The Morgan fingerprint density at radius 1 is 1.59 bits per heavy atom. The lowest BCUT2D eigenvalue weighted by molar-refractivity contribution is 0.0875. The van der Waals surface area contributed by atoms with Crippen LogP contribution in [0.2, 0.25) is 0 Å². The van der Waals surface area contributed by atoms with Crippen molar-refractivity contribution < 1.29 is 13.2 Å². The van der Waals surface area contributed by atoms with E-state index in [0.29, 0.717) is 13.2 Å². The minimum Gasteiger partial charge on any atom is -0.375 e. The maximum Gasteiger partial charge on any atom is 0.211 e. The fraction of sp³-hybridized carbons (Fsp3) is 0.500. The number of sulfonamides is 1. The summed E-state index contributed by atoms with van der Waals surface area (Å²) in [6.07, 6.45) is 3.37. The highest BCUT2D eigenvalue weighted by Crippen LogP contribution is 2.29. The average molecular weight is 321 g/mol. The maximum absolute atomic E-state index is 11.6. The van der Waals surface area contributed by atoms with Crippen molar-refractivity contribution in [3.8, 4) is 0 Å². The van der Waals surface area contributed by atoms with E-state index in [-0.39, 0.29) is 11.8 Å². The van der Waals surface area contributed by atoms with E-state index >= 15 is 0 Å². The lowest BCUT2D eigenvalue weighted by Crippen LogP contribution is -2.35. The Morgan fingerprint density at radius 3 is 3.06 bits per heavy atom. The molecule has 1 atom stereocenters. The molecular weight excluding hydrogens is 308 g/mol. The van der Waals surface area contributed by atoms with Crippen LogP contribution in [0.3, 0.4) is 0 Å². The molecule has 0 radical (unpaired) electrons. The van der Waals surface area contributed by atoms with Crippen LogP contribution in [0, 0.1) is 0 Å². The molecule has 17 heavy (non-hydrogen) atoms. The monoisotopic (exact) mass is 320 g/mol. The molecule has 0 bridgehead atoms. The molecule has 94 valence electrons. The van der Waals surface area contributed by atoms with Crippen LogP contribution < -0.4 is 4.72 Å². The topological polar surface area (TPSA) is 68.3 Å². The van der Waals surface area contributed by atoms with E-state index in [1.54, 1.807) is 19.3 Å². The van der Waals surface area contributed by atoms with Crippen LogP contribution in [0.5, 0.6) is 0 Å². The zero-order valence-corrected chi connectivity index (χ0v) is 11.7. The van der Waals surface area contributed by atoms with Gasteiger partial charge in [-0.15, -0.1) is 0 Å². The molecule has 1 aromatic rings. The highest BCUT2D eigenvalue weighted by Gasteiger charge is 2.26. The number of rotatable bonds is 3. The van der Waals surface area contributed by atoms with E-state index in [9.17, 15) is 8.42 Å². The fourth-order valence-corrected chi connectivity index (χ4v) is 2.95. The second kappa shape index (κ2) is 5.01. The molecule has 0 fully saturated rings. The van der Waals surface area contributed by atoms with Gasteiger partial charge in [0, 0.05) is 16.9 Å². The van der Waals surface area contributed by atoms with Crippen molar-refractivity contribution in [3.63, 3.8) is 0 Å². The summed E-state index contributed by atoms with van der Waals surface area (Å²) in [7, 11) is -3.25. The van der Waals surface area contributed by atoms with Crippen molar-refractivity contribution in [2.24, 2.45) is 0 Å². The zero-order valence-electron chi connectivity index (χ0n) is 9.31. The number of hydrogen-bond donors (Lipinski definition) is 1. The van der Waals surface area contributed by atoms with Gasteiger partial charge in [-0.2, -0.15) is 0 Å². The van der Waals surface area contributed by atoms with Crippen LogP contribution in [0.1, 0.15) is 24.1 Å². The second-order valence-electron chi connectivity index (χ2n) is 3.78. The van der Waals surface area contributed by atoms with Gasteiger partial charge in [0.25, 0.3) is 0 Å². The molecule has 1 aliphatic heterocycles. The highest BCUT2D eigenvalue weighted by atomic mass is 79.9. The molecule has 7 heteroatoms. The molecule has 1 N–H and O–H groups in total. The summed E-state index contributed by atoms with van der Waals surface area (Å²) >= 11 is 3.39. The first-order chi connectivity index (χ1) is 8.03. The van der Waals surface area contributed by atoms with Gasteiger partial charge in [0.15, 0.2) is 0 Å². The zero-order chi connectivity index (χ0) is 12.5. The van der Waals surface area contributed by atoms with Gasteiger partial charge >= 0.3 is 0 Å². The normalized spacial score (nSPS) is 20.0. The first-order valence-electron chi connectivity index (χ1n) is 5.23.